The van der Waals surface area contributed by atoms with Crippen LogP contribution in [0.15, 0.2) is 18.7 Å². The molecule has 9 nitrogen and oxygen atoms in total. The van der Waals surface area contributed by atoms with Gasteiger partial charge in [-0.2, -0.15) is 11.8 Å². The third kappa shape index (κ3) is 25.1. The fourth-order valence-electron chi connectivity index (χ4n) is 5.20. The summed E-state index contributed by atoms with van der Waals surface area (Å²) in [6, 6.07) is -0.675. The molecular formula is C36H66N4O5S. The molecule has 0 fully saturated rings. The van der Waals surface area contributed by atoms with Crippen LogP contribution in [0.4, 0.5) is 0 Å². The van der Waals surface area contributed by atoms with Crippen molar-refractivity contribution < 1.29 is 23.9 Å². The molecule has 0 aliphatic carbocycles. The van der Waals surface area contributed by atoms with Crippen molar-refractivity contribution in [1.82, 2.24) is 14.9 Å². The van der Waals surface area contributed by atoms with Crippen LogP contribution in [-0.2, 0) is 30.4 Å². The average Bonchev–Trinajstić information content (AvgIpc) is 3.57. The second-order valence-corrected chi connectivity index (χ2v) is 13.6. The standard InChI is InChI=1S/C36H66N4O5S/c1-3-5-7-9-11-13-15-17-19-22-34(41)44-28-32(45-35(42)23-20-18-16-14-12-10-8-6-4-2)29-46-30-33(37)36(43)39-24-21-26-40-27-25-38-31-40/h25,27,31-33H,3-24,26,28-30,37H2,1-2H3,(H,39,43)/t32-,33+/m1/s1. The van der Waals surface area contributed by atoms with Crippen LogP contribution >= 0.6 is 11.8 Å². The zero-order chi connectivity index (χ0) is 33.5. The molecular weight excluding hydrogens is 600 g/mol. The third-order valence-corrected chi connectivity index (χ3v) is 9.29. The second-order valence-electron chi connectivity index (χ2n) is 12.5. The first kappa shape index (κ1) is 42.0. The number of nitrogens with two attached hydrogens (primary N) is 1. The van der Waals surface area contributed by atoms with Crippen molar-refractivity contribution in [3.05, 3.63) is 18.7 Å². The van der Waals surface area contributed by atoms with E-state index in [1.807, 2.05) is 10.8 Å². The van der Waals surface area contributed by atoms with Gasteiger partial charge in [-0.05, 0) is 19.3 Å². The normalized spacial score (nSPS) is 12.5. The van der Waals surface area contributed by atoms with Gasteiger partial charge in [0.2, 0.25) is 5.91 Å². The smallest absolute Gasteiger partial charge is 0.306 e. The summed E-state index contributed by atoms with van der Waals surface area (Å²) in [5.74, 6) is 0.0789. The van der Waals surface area contributed by atoms with Gasteiger partial charge in [0, 0.05) is 49.8 Å². The largest absolute Gasteiger partial charge is 0.462 e. The van der Waals surface area contributed by atoms with Crippen LogP contribution in [0, 0.1) is 0 Å². The Balaban J connectivity index is 2.35. The number of esters is 2. The Kier molecular flexibility index (Phi) is 27.6. The van der Waals surface area contributed by atoms with Gasteiger partial charge in [0.15, 0.2) is 0 Å². The van der Waals surface area contributed by atoms with Crippen molar-refractivity contribution in [1.29, 1.82) is 0 Å². The molecule has 0 saturated carbocycles. The number of nitrogens with one attached hydrogen (secondary N) is 1. The fourth-order valence-corrected chi connectivity index (χ4v) is 6.17. The summed E-state index contributed by atoms with van der Waals surface area (Å²) >= 11 is 1.44. The van der Waals surface area contributed by atoms with E-state index < -0.39 is 12.1 Å². The lowest BCUT2D eigenvalue weighted by atomic mass is 10.1. The number of imidazole rings is 1. The molecule has 1 heterocycles. The number of nitrogens with zero attached hydrogens (tertiary/aromatic N) is 2. The van der Waals surface area contributed by atoms with Crippen molar-refractivity contribution in [2.24, 2.45) is 5.73 Å². The van der Waals surface area contributed by atoms with E-state index in [0.29, 0.717) is 30.9 Å². The van der Waals surface area contributed by atoms with E-state index in [9.17, 15) is 14.4 Å². The van der Waals surface area contributed by atoms with E-state index in [1.165, 1.54) is 88.8 Å². The summed E-state index contributed by atoms with van der Waals surface area (Å²) < 4.78 is 13.2. The quantitative estimate of drug-likeness (QED) is 0.0591. The average molecular weight is 667 g/mol. The Morgan fingerprint density at radius 3 is 1.85 bits per heavy atom. The minimum absolute atomic E-state index is 0.0302. The van der Waals surface area contributed by atoms with Gasteiger partial charge in [-0.15, -0.1) is 0 Å². The van der Waals surface area contributed by atoms with Gasteiger partial charge in [0.1, 0.15) is 12.7 Å². The van der Waals surface area contributed by atoms with Gasteiger partial charge in [-0.3, -0.25) is 14.4 Å². The molecule has 46 heavy (non-hydrogen) atoms. The molecule has 0 unspecified atom stereocenters. The van der Waals surface area contributed by atoms with Gasteiger partial charge in [-0.1, -0.05) is 117 Å². The highest BCUT2D eigenvalue weighted by atomic mass is 32.2. The highest BCUT2D eigenvalue weighted by Crippen LogP contribution is 2.14. The SMILES string of the molecule is CCCCCCCCCCCC(=O)OC[C@H](CSC[C@H](N)C(=O)NCCCn1ccnc1)OC(=O)CCCCCCCCCCC. The Bertz CT molecular complexity index is 871. The van der Waals surface area contributed by atoms with Crippen molar-refractivity contribution in [3.63, 3.8) is 0 Å². The van der Waals surface area contributed by atoms with Gasteiger partial charge in [-0.25, -0.2) is 4.98 Å². The number of aromatic nitrogens is 2. The van der Waals surface area contributed by atoms with Gasteiger partial charge in [0.25, 0.3) is 0 Å². The number of aryl methyl sites for hydroxylation is 1. The first-order chi connectivity index (χ1) is 22.5. The molecule has 0 aliphatic rings. The summed E-state index contributed by atoms with van der Waals surface area (Å²) in [5.41, 5.74) is 6.12. The highest BCUT2D eigenvalue weighted by Gasteiger charge is 2.19. The summed E-state index contributed by atoms with van der Waals surface area (Å²) in [7, 11) is 0. The molecule has 1 amide bonds. The molecule has 3 N–H and O–H groups in total. The Morgan fingerprint density at radius 2 is 1.30 bits per heavy atom. The van der Waals surface area contributed by atoms with Crippen LogP contribution in [-0.4, -0.2) is 64.2 Å². The van der Waals surface area contributed by atoms with Crippen LogP contribution in [0.3, 0.4) is 0 Å². The first-order valence-corrected chi connectivity index (χ1v) is 19.5. The number of thioether (sulfide) groups is 1. The summed E-state index contributed by atoms with van der Waals surface area (Å²) in [6.07, 6.45) is 27.6. The predicted molar refractivity (Wildman–Crippen MR) is 190 cm³/mol. The zero-order valence-electron chi connectivity index (χ0n) is 29.2. The van der Waals surface area contributed by atoms with Crippen LogP contribution in [0.1, 0.15) is 149 Å². The van der Waals surface area contributed by atoms with Gasteiger partial charge >= 0.3 is 11.9 Å². The summed E-state index contributed by atoms with van der Waals surface area (Å²) in [5, 5.41) is 2.88. The van der Waals surface area contributed by atoms with Gasteiger partial charge < -0.3 is 25.1 Å². The van der Waals surface area contributed by atoms with Crippen molar-refractivity contribution in [2.45, 2.75) is 167 Å². The molecule has 0 radical (unpaired) electrons. The topological polar surface area (TPSA) is 126 Å². The number of carbonyl (C=O) groups excluding carboxylic acids is 3. The number of unbranched alkanes of at least 4 members (excludes halogenated alkanes) is 16. The molecule has 0 aromatic carbocycles. The van der Waals surface area contributed by atoms with Crippen LogP contribution < -0.4 is 11.1 Å². The molecule has 0 aliphatic heterocycles. The lowest BCUT2D eigenvalue weighted by molar-refractivity contribution is -0.157. The second kappa shape index (κ2) is 30.3. The molecule has 1 aromatic heterocycles. The van der Waals surface area contributed by atoms with E-state index in [1.54, 1.807) is 12.5 Å². The van der Waals surface area contributed by atoms with E-state index in [2.05, 4.69) is 24.1 Å². The molecule has 10 heteroatoms. The Morgan fingerprint density at radius 1 is 0.761 bits per heavy atom. The summed E-state index contributed by atoms with van der Waals surface area (Å²) in [6.45, 7) is 5.79. The third-order valence-electron chi connectivity index (χ3n) is 8.09. The molecule has 266 valence electrons. The maximum absolute atomic E-state index is 12.6. The van der Waals surface area contributed by atoms with Crippen LogP contribution in [0.5, 0.6) is 0 Å². The molecule has 0 spiro atoms. The highest BCUT2D eigenvalue weighted by molar-refractivity contribution is 7.99. The number of amides is 1. The number of ether oxygens (including phenoxy) is 2. The minimum atomic E-state index is -0.675. The first-order valence-electron chi connectivity index (χ1n) is 18.4. The molecule has 1 rings (SSSR count). The number of hydrogen-bond acceptors (Lipinski definition) is 8. The summed E-state index contributed by atoms with van der Waals surface area (Å²) in [4.78, 5) is 41.5. The van der Waals surface area contributed by atoms with E-state index in [-0.39, 0.29) is 24.5 Å². The predicted octanol–water partition coefficient (Wildman–Crippen LogP) is 7.75. The minimum Gasteiger partial charge on any atom is -0.462 e. The number of hydrogen-bond donors (Lipinski definition) is 2. The lowest BCUT2D eigenvalue weighted by Gasteiger charge is -2.19. The lowest BCUT2D eigenvalue weighted by Crippen LogP contribution is -2.43. The zero-order valence-corrected chi connectivity index (χ0v) is 30.0. The van der Waals surface area contributed by atoms with Crippen molar-refractivity contribution in [2.75, 3.05) is 24.7 Å². The molecule has 2 atom stereocenters. The molecule has 0 saturated heterocycles. The van der Waals surface area contributed by atoms with E-state index in [4.69, 9.17) is 15.2 Å². The fraction of sp³-hybridized carbons (Fsp3) is 0.833. The van der Waals surface area contributed by atoms with Crippen molar-refractivity contribution in [3.8, 4) is 0 Å². The number of rotatable bonds is 32. The van der Waals surface area contributed by atoms with Crippen LogP contribution in [0.2, 0.25) is 0 Å². The Hall–Kier alpha value is -2.07. The molecule has 1 aromatic rings. The maximum Gasteiger partial charge on any atom is 0.306 e. The van der Waals surface area contributed by atoms with E-state index >= 15 is 0 Å². The van der Waals surface area contributed by atoms with E-state index in [0.717, 1.165) is 51.5 Å². The van der Waals surface area contributed by atoms with Gasteiger partial charge in [0.05, 0.1) is 12.4 Å². The van der Waals surface area contributed by atoms with Crippen LogP contribution in [0.25, 0.3) is 0 Å². The Labute approximate surface area is 284 Å². The monoisotopic (exact) mass is 666 g/mol. The molecule has 0 bridgehead atoms. The van der Waals surface area contributed by atoms with Crippen molar-refractivity contribution >= 4 is 29.6 Å². The number of carbonyl (C=O) groups is 3. The maximum atomic E-state index is 12.6.